The number of amides is 1. The highest BCUT2D eigenvalue weighted by Crippen LogP contribution is 2.23. The molecule has 27 heavy (non-hydrogen) atoms. The summed E-state index contributed by atoms with van der Waals surface area (Å²) in [4.78, 5) is 23.5. The molecular formula is C21H27N5O. The fourth-order valence-electron chi connectivity index (χ4n) is 4.04. The molecule has 2 aliphatic heterocycles. The lowest BCUT2D eigenvalue weighted by Gasteiger charge is -2.21. The number of carbonyl (C=O) groups excluding carboxylic acids is 1. The molecule has 2 aromatic rings. The highest BCUT2D eigenvalue weighted by Gasteiger charge is 2.25. The Hall–Kier alpha value is -2.47. The van der Waals surface area contributed by atoms with Crippen molar-refractivity contribution in [1.82, 2.24) is 20.2 Å². The standard InChI is InChI=1S/C21H27N5O/c1-14-5-3-4-6-17(14)13-26-10-8-16(12-26)11-23-20-18-7-9-22-21(27)19(18)24-15(2)25-20/h3-6,16H,7-13H2,1-2H3,(H,22,27)(H,23,24,25). The van der Waals surface area contributed by atoms with E-state index in [1.165, 1.54) is 17.5 Å². The fourth-order valence-corrected chi connectivity index (χ4v) is 4.04. The number of aryl methyl sites for hydroxylation is 2. The van der Waals surface area contributed by atoms with Crippen LogP contribution in [-0.2, 0) is 13.0 Å². The molecule has 3 heterocycles. The molecule has 1 atom stereocenters. The van der Waals surface area contributed by atoms with E-state index in [1.54, 1.807) is 0 Å². The summed E-state index contributed by atoms with van der Waals surface area (Å²) in [5.74, 6) is 1.98. The van der Waals surface area contributed by atoms with Crippen LogP contribution in [0.4, 0.5) is 5.82 Å². The van der Waals surface area contributed by atoms with Gasteiger partial charge in [0.15, 0.2) is 0 Å². The molecule has 0 saturated carbocycles. The highest BCUT2D eigenvalue weighted by molar-refractivity contribution is 5.95. The number of anilines is 1. The van der Waals surface area contributed by atoms with Gasteiger partial charge >= 0.3 is 0 Å². The minimum atomic E-state index is -0.0879. The fraction of sp³-hybridized carbons (Fsp3) is 0.476. The van der Waals surface area contributed by atoms with Gasteiger partial charge < -0.3 is 10.6 Å². The van der Waals surface area contributed by atoms with Crippen LogP contribution in [0.5, 0.6) is 0 Å². The first-order valence-corrected chi connectivity index (χ1v) is 9.76. The van der Waals surface area contributed by atoms with Crippen LogP contribution in [0.15, 0.2) is 24.3 Å². The molecule has 0 aliphatic carbocycles. The smallest absolute Gasteiger partial charge is 0.270 e. The molecule has 1 aromatic heterocycles. The molecule has 1 amide bonds. The van der Waals surface area contributed by atoms with Gasteiger partial charge in [0.25, 0.3) is 5.91 Å². The third kappa shape index (κ3) is 3.95. The van der Waals surface area contributed by atoms with Crippen molar-refractivity contribution < 1.29 is 4.79 Å². The lowest BCUT2D eigenvalue weighted by molar-refractivity contribution is 0.0940. The maximum absolute atomic E-state index is 12.1. The van der Waals surface area contributed by atoms with E-state index in [0.29, 0.717) is 24.0 Å². The summed E-state index contributed by atoms with van der Waals surface area (Å²) >= 11 is 0. The Kier molecular flexibility index (Phi) is 5.07. The van der Waals surface area contributed by atoms with Crippen LogP contribution >= 0.6 is 0 Å². The zero-order chi connectivity index (χ0) is 18.8. The minimum absolute atomic E-state index is 0.0879. The summed E-state index contributed by atoms with van der Waals surface area (Å²) in [6.45, 7) is 8.80. The number of aromatic nitrogens is 2. The molecule has 0 spiro atoms. The molecule has 142 valence electrons. The van der Waals surface area contributed by atoms with Gasteiger partial charge in [0.1, 0.15) is 17.3 Å². The first kappa shape index (κ1) is 17.9. The van der Waals surface area contributed by atoms with E-state index in [0.717, 1.165) is 44.0 Å². The van der Waals surface area contributed by atoms with E-state index in [4.69, 9.17) is 0 Å². The maximum atomic E-state index is 12.1. The van der Waals surface area contributed by atoms with Crippen LogP contribution in [0.2, 0.25) is 0 Å². The Balaban J connectivity index is 1.38. The van der Waals surface area contributed by atoms with E-state index in [1.807, 2.05) is 6.92 Å². The molecular weight excluding hydrogens is 338 g/mol. The summed E-state index contributed by atoms with van der Waals surface area (Å²) in [6.07, 6.45) is 1.97. The largest absolute Gasteiger partial charge is 0.369 e. The number of carbonyl (C=O) groups is 1. The van der Waals surface area contributed by atoms with Crippen LogP contribution in [-0.4, -0.2) is 47.0 Å². The van der Waals surface area contributed by atoms with Crippen LogP contribution in [0.1, 0.15) is 39.4 Å². The third-order valence-corrected chi connectivity index (χ3v) is 5.58. The van der Waals surface area contributed by atoms with Crippen molar-refractivity contribution in [2.24, 2.45) is 5.92 Å². The van der Waals surface area contributed by atoms with Gasteiger partial charge in [-0.3, -0.25) is 9.69 Å². The summed E-state index contributed by atoms with van der Waals surface area (Å²) in [6, 6.07) is 8.62. The molecule has 1 unspecified atom stereocenters. The van der Waals surface area contributed by atoms with E-state index in [-0.39, 0.29) is 5.91 Å². The number of fused-ring (bicyclic) bond motifs is 1. The molecule has 1 fully saturated rings. The number of benzene rings is 1. The zero-order valence-corrected chi connectivity index (χ0v) is 16.1. The SMILES string of the molecule is Cc1nc(NCC2CCN(Cc3ccccc3C)C2)c2c(n1)C(=O)NCC2. The average Bonchev–Trinajstić information content (AvgIpc) is 3.10. The van der Waals surface area contributed by atoms with Gasteiger partial charge in [-0.2, -0.15) is 0 Å². The van der Waals surface area contributed by atoms with E-state index in [2.05, 4.69) is 56.7 Å². The molecule has 6 heteroatoms. The number of nitrogens with zero attached hydrogens (tertiary/aromatic N) is 3. The predicted molar refractivity (Wildman–Crippen MR) is 106 cm³/mol. The molecule has 0 bridgehead atoms. The van der Waals surface area contributed by atoms with Crippen molar-refractivity contribution in [1.29, 1.82) is 0 Å². The van der Waals surface area contributed by atoms with Crippen LogP contribution in [0.25, 0.3) is 0 Å². The highest BCUT2D eigenvalue weighted by atomic mass is 16.1. The van der Waals surface area contributed by atoms with Crippen LogP contribution < -0.4 is 10.6 Å². The predicted octanol–water partition coefficient (Wildman–Crippen LogP) is 2.31. The Morgan fingerprint density at radius 3 is 2.96 bits per heavy atom. The molecule has 0 radical (unpaired) electrons. The zero-order valence-electron chi connectivity index (χ0n) is 16.1. The Bertz CT molecular complexity index is 850. The Labute approximate surface area is 160 Å². The molecule has 2 N–H and O–H groups in total. The lowest BCUT2D eigenvalue weighted by Crippen LogP contribution is -2.34. The van der Waals surface area contributed by atoms with Crippen molar-refractivity contribution in [3.63, 3.8) is 0 Å². The maximum Gasteiger partial charge on any atom is 0.270 e. The summed E-state index contributed by atoms with van der Waals surface area (Å²) in [5.41, 5.74) is 4.26. The van der Waals surface area contributed by atoms with E-state index >= 15 is 0 Å². The van der Waals surface area contributed by atoms with Gasteiger partial charge in [0, 0.05) is 31.7 Å². The topological polar surface area (TPSA) is 70.2 Å². The van der Waals surface area contributed by atoms with Crippen molar-refractivity contribution in [2.75, 3.05) is 31.5 Å². The van der Waals surface area contributed by atoms with Gasteiger partial charge in [-0.1, -0.05) is 24.3 Å². The van der Waals surface area contributed by atoms with Crippen molar-refractivity contribution in [3.8, 4) is 0 Å². The molecule has 1 saturated heterocycles. The first-order valence-electron chi connectivity index (χ1n) is 9.76. The number of rotatable bonds is 5. The van der Waals surface area contributed by atoms with Gasteiger partial charge in [-0.25, -0.2) is 9.97 Å². The molecule has 2 aliphatic rings. The summed E-state index contributed by atoms with van der Waals surface area (Å²) in [5, 5.41) is 6.37. The lowest BCUT2D eigenvalue weighted by atomic mass is 10.1. The Morgan fingerprint density at radius 2 is 2.11 bits per heavy atom. The number of nitrogens with one attached hydrogen (secondary N) is 2. The molecule has 4 rings (SSSR count). The van der Waals surface area contributed by atoms with Crippen molar-refractivity contribution in [3.05, 3.63) is 52.5 Å². The number of hydrogen-bond donors (Lipinski definition) is 2. The molecule has 1 aromatic carbocycles. The van der Waals surface area contributed by atoms with Gasteiger partial charge in [-0.15, -0.1) is 0 Å². The number of hydrogen-bond acceptors (Lipinski definition) is 5. The quantitative estimate of drug-likeness (QED) is 0.851. The van der Waals surface area contributed by atoms with Gasteiger partial charge in [0.05, 0.1) is 0 Å². The van der Waals surface area contributed by atoms with Crippen molar-refractivity contribution in [2.45, 2.75) is 33.2 Å². The molecule has 6 nitrogen and oxygen atoms in total. The third-order valence-electron chi connectivity index (χ3n) is 5.58. The Morgan fingerprint density at radius 1 is 1.26 bits per heavy atom. The minimum Gasteiger partial charge on any atom is -0.369 e. The van der Waals surface area contributed by atoms with E-state index in [9.17, 15) is 4.79 Å². The first-order chi connectivity index (χ1) is 13.1. The average molecular weight is 365 g/mol. The van der Waals surface area contributed by atoms with Gasteiger partial charge in [0.2, 0.25) is 0 Å². The number of likely N-dealkylation sites (tertiary alicyclic amines) is 1. The monoisotopic (exact) mass is 365 g/mol. The van der Waals surface area contributed by atoms with E-state index < -0.39 is 0 Å². The second-order valence-corrected chi connectivity index (χ2v) is 7.65. The summed E-state index contributed by atoms with van der Waals surface area (Å²) < 4.78 is 0. The van der Waals surface area contributed by atoms with Gasteiger partial charge in [-0.05, 0) is 50.3 Å². The normalized spacial score (nSPS) is 19.6. The van der Waals surface area contributed by atoms with Crippen LogP contribution in [0, 0.1) is 19.8 Å². The second kappa shape index (κ2) is 7.64. The van der Waals surface area contributed by atoms with Crippen molar-refractivity contribution >= 4 is 11.7 Å². The van der Waals surface area contributed by atoms with Crippen LogP contribution in [0.3, 0.4) is 0 Å². The summed E-state index contributed by atoms with van der Waals surface area (Å²) in [7, 11) is 0. The second-order valence-electron chi connectivity index (χ2n) is 7.65.